The number of hydrogen-bond acceptors (Lipinski definition) is 9. The fourth-order valence-electron chi connectivity index (χ4n) is 11.6. The van der Waals surface area contributed by atoms with Gasteiger partial charge in [0.05, 0.1) is 34.5 Å². The van der Waals surface area contributed by atoms with Gasteiger partial charge in [-0.25, -0.2) is 9.97 Å². The van der Waals surface area contributed by atoms with Crippen LogP contribution in [0.1, 0.15) is 122 Å². The average Bonchev–Trinajstić information content (AvgIpc) is 3.32. The number of alkyl halides is 3. The lowest BCUT2D eigenvalue weighted by Gasteiger charge is -2.47. The second kappa shape index (κ2) is 19.6. The largest absolute Gasteiger partial charge is 0.416 e. The van der Waals surface area contributed by atoms with Gasteiger partial charge in [0.2, 0.25) is 5.91 Å². The lowest BCUT2D eigenvalue weighted by molar-refractivity contribution is -0.139. The molecule has 4 N–H and O–H groups in total. The molecule has 1 atom stereocenters. The van der Waals surface area contributed by atoms with Crippen LogP contribution in [0.25, 0.3) is 10.9 Å². The number of aromatic nitrogens is 2. The Morgan fingerprint density at radius 3 is 2.31 bits per heavy atom. The van der Waals surface area contributed by atoms with Crippen molar-refractivity contribution in [3.63, 3.8) is 0 Å². The van der Waals surface area contributed by atoms with E-state index in [4.69, 9.17) is 27.3 Å². The van der Waals surface area contributed by atoms with E-state index in [-0.39, 0.29) is 23.4 Å². The van der Waals surface area contributed by atoms with Crippen molar-refractivity contribution < 1.29 is 22.8 Å². The van der Waals surface area contributed by atoms with Gasteiger partial charge in [0, 0.05) is 81.1 Å². The molecule has 2 saturated carbocycles. The molecule has 3 aromatic carbocycles. The Morgan fingerprint density at radius 1 is 0.896 bits per heavy atom. The Bertz CT molecular complexity index is 2480. The van der Waals surface area contributed by atoms with Gasteiger partial charge in [0.1, 0.15) is 11.6 Å². The van der Waals surface area contributed by atoms with E-state index < -0.39 is 17.8 Å². The molecular weight excluding hydrogens is 875 g/mol. The first kappa shape index (κ1) is 47.2. The first-order valence-corrected chi connectivity index (χ1v) is 24.8. The molecule has 4 aromatic rings. The van der Waals surface area contributed by atoms with E-state index in [1.54, 1.807) is 13.0 Å². The minimum Gasteiger partial charge on any atom is -0.399 e. The van der Waals surface area contributed by atoms with Crippen molar-refractivity contribution in [2.45, 2.75) is 103 Å². The number of aryl methyl sites for hydroxylation is 2. The number of rotatable bonds is 9. The van der Waals surface area contributed by atoms with E-state index in [9.17, 15) is 22.8 Å². The van der Waals surface area contributed by atoms with Crippen LogP contribution in [-0.2, 0) is 11.0 Å². The molecule has 4 fully saturated rings. The van der Waals surface area contributed by atoms with E-state index in [1.807, 2.05) is 47.2 Å². The molecule has 358 valence electrons. The van der Waals surface area contributed by atoms with E-state index >= 15 is 0 Å². The summed E-state index contributed by atoms with van der Waals surface area (Å²) >= 11 is 6.54. The minimum atomic E-state index is -4.50. The van der Waals surface area contributed by atoms with Crippen LogP contribution >= 0.6 is 11.6 Å². The molecule has 67 heavy (non-hydrogen) atoms. The Morgan fingerprint density at radius 2 is 1.63 bits per heavy atom. The standard InChI is InChI=1S/C52H65ClF3N9O2/c1-33-25-46-44(48(61-35(3)60-46)59-34(2)40-26-41(52(54,55)56)29-42(57)27-40)30-43(33)37-5-7-38(8-6-37)49(66)64-23-21-62(22-24-64)31-36-11-13-51(14-12-36)15-19-63(20-16-51)50(67)39-9-10-45(53)47(28-39)65-18-4-17-58-32-65/h4,9-10,18,25-30,34,36-38,58H,5-8,11-17,19-24,31-32,57H2,1-3H3,(H,59,60,61)/t34-,37?,38?/m1/s1. The smallest absolute Gasteiger partial charge is 0.399 e. The molecule has 4 heterocycles. The lowest BCUT2D eigenvalue weighted by atomic mass is 9.65. The number of benzene rings is 3. The van der Waals surface area contributed by atoms with Gasteiger partial charge in [-0.3, -0.25) is 19.8 Å². The highest BCUT2D eigenvalue weighted by atomic mass is 35.5. The quantitative estimate of drug-likeness (QED) is 0.141. The van der Waals surface area contributed by atoms with E-state index in [1.165, 1.54) is 31.2 Å². The van der Waals surface area contributed by atoms with Crippen LogP contribution in [0.2, 0.25) is 5.02 Å². The van der Waals surface area contributed by atoms with E-state index in [0.29, 0.717) is 51.7 Å². The van der Waals surface area contributed by atoms with Crippen LogP contribution in [0.4, 0.5) is 30.4 Å². The number of likely N-dealkylation sites (tertiary alicyclic amines) is 1. The Labute approximate surface area is 397 Å². The molecule has 11 nitrogen and oxygen atoms in total. The van der Waals surface area contributed by atoms with Gasteiger partial charge in [0.15, 0.2) is 0 Å². The summed E-state index contributed by atoms with van der Waals surface area (Å²) in [6.07, 6.45) is 10.1. The van der Waals surface area contributed by atoms with Crippen molar-refractivity contribution in [3.05, 3.63) is 99.5 Å². The molecule has 1 aromatic heterocycles. The second-order valence-corrected chi connectivity index (χ2v) is 20.5. The van der Waals surface area contributed by atoms with E-state index in [2.05, 4.69) is 39.5 Å². The number of nitrogens with zero attached hydrogens (tertiary/aromatic N) is 6. The van der Waals surface area contributed by atoms with Crippen LogP contribution in [0.15, 0.2) is 60.8 Å². The summed E-state index contributed by atoms with van der Waals surface area (Å²) in [5.41, 5.74) is 10.6. The highest BCUT2D eigenvalue weighted by Gasteiger charge is 2.40. The van der Waals surface area contributed by atoms with Crippen molar-refractivity contribution >= 4 is 51.5 Å². The van der Waals surface area contributed by atoms with Crippen molar-refractivity contribution in [3.8, 4) is 0 Å². The number of piperazine rings is 1. The molecular formula is C52H65ClF3N9O2. The van der Waals surface area contributed by atoms with Gasteiger partial charge in [0.25, 0.3) is 5.91 Å². The first-order valence-electron chi connectivity index (χ1n) is 24.4. The molecule has 2 amide bonds. The predicted molar refractivity (Wildman–Crippen MR) is 260 cm³/mol. The molecule has 2 aliphatic carbocycles. The maximum atomic E-state index is 13.9. The van der Waals surface area contributed by atoms with E-state index in [0.717, 1.165) is 125 Å². The fourth-order valence-corrected chi connectivity index (χ4v) is 11.9. The Balaban J connectivity index is 0.729. The Kier molecular flexibility index (Phi) is 13.8. The maximum Gasteiger partial charge on any atom is 0.416 e. The zero-order chi connectivity index (χ0) is 47.0. The third-order valence-electron chi connectivity index (χ3n) is 15.7. The summed E-state index contributed by atoms with van der Waals surface area (Å²) in [5, 5.41) is 8.15. The molecule has 0 unspecified atom stereocenters. The van der Waals surface area contributed by atoms with Gasteiger partial charge < -0.3 is 25.8 Å². The van der Waals surface area contributed by atoms with Crippen molar-refractivity contribution in [1.29, 1.82) is 0 Å². The molecule has 2 saturated heterocycles. The number of piperidine rings is 1. The molecule has 3 aliphatic heterocycles. The summed E-state index contributed by atoms with van der Waals surface area (Å²) in [4.78, 5) is 45.7. The highest BCUT2D eigenvalue weighted by Crippen LogP contribution is 2.47. The van der Waals surface area contributed by atoms with Crippen LogP contribution in [0.3, 0.4) is 0 Å². The molecule has 0 bridgehead atoms. The maximum absolute atomic E-state index is 13.9. The monoisotopic (exact) mass is 939 g/mol. The Hall–Kier alpha value is -4.92. The number of nitrogens with two attached hydrogens (primary N) is 1. The van der Waals surface area contributed by atoms with Gasteiger partial charge in [-0.15, -0.1) is 0 Å². The highest BCUT2D eigenvalue weighted by molar-refractivity contribution is 6.33. The summed E-state index contributed by atoms with van der Waals surface area (Å²) in [7, 11) is 0. The number of carbonyl (C=O) groups excluding carboxylic acids is 2. The van der Waals surface area contributed by atoms with Crippen molar-refractivity contribution in [2.75, 3.05) is 75.0 Å². The van der Waals surface area contributed by atoms with Crippen LogP contribution in [0, 0.1) is 31.1 Å². The summed E-state index contributed by atoms with van der Waals surface area (Å²) < 4.78 is 40.8. The van der Waals surface area contributed by atoms with Gasteiger partial charge in [-0.2, -0.15) is 13.2 Å². The molecule has 0 radical (unpaired) electrons. The lowest BCUT2D eigenvalue weighted by Crippen LogP contribution is -2.52. The number of nitrogen functional groups attached to an aromatic ring is 1. The van der Waals surface area contributed by atoms with Crippen LogP contribution in [-0.4, -0.2) is 95.5 Å². The zero-order valence-corrected chi connectivity index (χ0v) is 39.9. The minimum absolute atomic E-state index is 0.0296. The van der Waals surface area contributed by atoms with Crippen molar-refractivity contribution in [1.82, 2.24) is 30.0 Å². The normalized spacial score (nSPS) is 22.3. The third kappa shape index (κ3) is 10.6. The third-order valence-corrected chi connectivity index (χ3v) is 16.0. The number of hydrogen-bond donors (Lipinski definition) is 3. The number of amides is 2. The molecule has 9 rings (SSSR count). The summed E-state index contributed by atoms with van der Waals surface area (Å²) in [6, 6.07) is 13.0. The summed E-state index contributed by atoms with van der Waals surface area (Å²) in [5.74, 6) is 2.51. The molecule has 1 spiro atoms. The van der Waals surface area contributed by atoms with Gasteiger partial charge in [-0.1, -0.05) is 17.7 Å². The van der Waals surface area contributed by atoms with Gasteiger partial charge in [-0.05, 0) is 167 Å². The van der Waals surface area contributed by atoms with Crippen molar-refractivity contribution in [2.24, 2.45) is 17.3 Å². The van der Waals surface area contributed by atoms with Crippen LogP contribution < -0.4 is 21.3 Å². The SMILES string of the molecule is Cc1nc(N[C@H](C)c2cc(N)cc(C(F)(F)F)c2)c2cc(C3CCC(C(=O)N4CCN(CC5CCC6(CC5)CCN(C(=O)c5ccc(Cl)c(N7C=CCNC7)c5)CC6)CC4)CC3)c(C)cc2n1. The number of carbonyl (C=O) groups is 2. The fraction of sp³-hybridized carbons (Fsp3) is 0.538. The summed E-state index contributed by atoms with van der Waals surface area (Å²) in [6.45, 7) is 13.3. The molecule has 5 aliphatic rings. The predicted octanol–water partition coefficient (Wildman–Crippen LogP) is 10.1. The number of fused-ring (bicyclic) bond motifs is 1. The number of nitrogens with one attached hydrogen (secondary N) is 2. The number of anilines is 3. The second-order valence-electron chi connectivity index (χ2n) is 20.1. The first-order chi connectivity index (χ1) is 32.1. The average molecular weight is 941 g/mol. The van der Waals surface area contributed by atoms with Crippen LogP contribution in [0.5, 0.6) is 0 Å². The topological polar surface area (TPSA) is 123 Å². The molecule has 15 heteroatoms. The number of halogens is 4. The van der Waals surface area contributed by atoms with Gasteiger partial charge >= 0.3 is 6.18 Å². The zero-order valence-electron chi connectivity index (χ0n) is 39.1.